The number of nitrogens with one attached hydrogen (secondary N) is 1. The largest absolute Gasteiger partial charge is 0.497 e. The van der Waals surface area contributed by atoms with Gasteiger partial charge in [-0.2, -0.15) is 0 Å². The van der Waals surface area contributed by atoms with E-state index in [1.165, 1.54) is 37.9 Å². The standard InChI is InChI=1S/C20H33N3O2/c1-4-16-14-23(12-9-21-16)19(15-22-10-5-6-11-22)18-13-17(24-2)7-8-20(18)25-3/h7-8,13,16,19,21H,4-6,9-12,14-15H2,1-3H3. The highest BCUT2D eigenvalue weighted by Crippen LogP contribution is 2.34. The molecule has 2 unspecified atom stereocenters. The van der Waals surface area contributed by atoms with Gasteiger partial charge in [0.05, 0.1) is 20.3 Å². The number of methoxy groups -OCH3 is 2. The average molecular weight is 348 g/mol. The van der Waals surface area contributed by atoms with Crippen molar-refractivity contribution in [2.45, 2.75) is 38.3 Å². The van der Waals surface area contributed by atoms with E-state index in [0.29, 0.717) is 12.1 Å². The zero-order chi connectivity index (χ0) is 17.6. The van der Waals surface area contributed by atoms with Gasteiger partial charge in [-0.05, 0) is 50.6 Å². The van der Waals surface area contributed by atoms with Gasteiger partial charge >= 0.3 is 0 Å². The van der Waals surface area contributed by atoms with E-state index in [9.17, 15) is 0 Å². The number of piperazine rings is 1. The Morgan fingerprint density at radius 3 is 2.64 bits per heavy atom. The molecule has 2 saturated heterocycles. The summed E-state index contributed by atoms with van der Waals surface area (Å²) in [6, 6.07) is 7.13. The van der Waals surface area contributed by atoms with E-state index in [1.807, 2.05) is 12.1 Å². The van der Waals surface area contributed by atoms with Crippen LogP contribution in [0.4, 0.5) is 0 Å². The van der Waals surface area contributed by atoms with Crippen molar-refractivity contribution in [3.8, 4) is 11.5 Å². The predicted molar refractivity (Wildman–Crippen MR) is 102 cm³/mol. The van der Waals surface area contributed by atoms with Crippen LogP contribution >= 0.6 is 0 Å². The number of likely N-dealkylation sites (tertiary alicyclic amines) is 1. The van der Waals surface area contributed by atoms with E-state index < -0.39 is 0 Å². The third kappa shape index (κ3) is 4.46. The molecule has 0 bridgehead atoms. The van der Waals surface area contributed by atoms with E-state index in [2.05, 4.69) is 28.1 Å². The van der Waals surface area contributed by atoms with Gasteiger partial charge in [0.15, 0.2) is 0 Å². The van der Waals surface area contributed by atoms with Gasteiger partial charge in [-0.3, -0.25) is 4.90 Å². The second kappa shape index (κ2) is 8.88. The van der Waals surface area contributed by atoms with Crippen molar-refractivity contribution in [2.24, 2.45) is 0 Å². The summed E-state index contributed by atoms with van der Waals surface area (Å²) in [5.41, 5.74) is 1.26. The molecule has 0 aromatic heterocycles. The molecule has 5 nitrogen and oxygen atoms in total. The summed E-state index contributed by atoms with van der Waals surface area (Å²) >= 11 is 0. The minimum atomic E-state index is 0.347. The van der Waals surface area contributed by atoms with Gasteiger partial charge in [-0.1, -0.05) is 6.92 Å². The molecule has 25 heavy (non-hydrogen) atoms. The first-order chi connectivity index (χ1) is 12.2. The van der Waals surface area contributed by atoms with Gasteiger partial charge < -0.3 is 19.7 Å². The molecule has 3 rings (SSSR count). The van der Waals surface area contributed by atoms with E-state index >= 15 is 0 Å². The van der Waals surface area contributed by atoms with E-state index in [0.717, 1.165) is 37.7 Å². The molecule has 2 heterocycles. The Kier molecular flexibility index (Phi) is 6.57. The van der Waals surface area contributed by atoms with Crippen LogP contribution in [0.15, 0.2) is 18.2 Å². The van der Waals surface area contributed by atoms with Gasteiger partial charge in [-0.25, -0.2) is 0 Å². The fraction of sp³-hybridized carbons (Fsp3) is 0.700. The van der Waals surface area contributed by atoms with Gasteiger partial charge in [0.1, 0.15) is 11.5 Å². The molecule has 0 saturated carbocycles. The monoisotopic (exact) mass is 347 g/mol. The highest BCUT2D eigenvalue weighted by atomic mass is 16.5. The molecule has 1 N–H and O–H groups in total. The number of rotatable bonds is 7. The Morgan fingerprint density at radius 2 is 1.96 bits per heavy atom. The van der Waals surface area contributed by atoms with Crippen molar-refractivity contribution < 1.29 is 9.47 Å². The van der Waals surface area contributed by atoms with Crippen LogP contribution in [-0.4, -0.2) is 69.3 Å². The van der Waals surface area contributed by atoms with Gasteiger partial charge in [0, 0.05) is 37.8 Å². The first-order valence-electron chi connectivity index (χ1n) is 9.66. The summed E-state index contributed by atoms with van der Waals surface area (Å²) in [4.78, 5) is 5.24. The van der Waals surface area contributed by atoms with Crippen molar-refractivity contribution in [3.63, 3.8) is 0 Å². The number of nitrogens with zero attached hydrogens (tertiary/aromatic N) is 2. The molecule has 2 aliphatic rings. The number of benzene rings is 1. The lowest BCUT2D eigenvalue weighted by Gasteiger charge is -2.40. The first-order valence-corrected chi connectivity index (χ1v) is 9.66. The molecule has 1 aromatic rings. The van der Waals surface area contributed by atoms with Crippen LogP contribution in [0.5, 0.6) is 11.5 Å². The van der Waals surface area contributed by atoms with Crippen LogP contribution < -0.4 is 14.8 Å². The zero-order valence-corrected chi connectivity index (χ0v) is 16.0. The SMILES string of the molecule is CCC1CN(C(CN2CCCC2)c2cc(OC)ccc2OC)CCN1. The lowest BCUT2D eigenvalue weighted by Crippen LogP contribution is -2.53. The molecule has 1 aromatic carbocycles. The molecule has 0 aliphatic carbocycles. The van der Waals surface area contributed by atoms with Crippen LogP contribution in [0.25, 0.3) is 0 Å². The Morgan fingerprint density at radius 1 is 1.16 bits per heavy atom. The van der Waals surface area contributed by atoms with Crippen LogP contribution in [0.1, 0.15) is 37.8 Å². The average Bonchev–Trinajstić information content (AvgIpc) is 3.19. The maximum atomic E-state index is 5.72. The van der Waals surface area contributed by atoms with Crippen molar-refractivity contribution in [2.75, 3.05) is 53.5 Å². The lowest BCUT2D eigenvalue weighted by atomic mass is 10.00. The van der Waals surface area contributed by atoms with E-state index in [-0.39, 0.29) is 0 Å². The van der Waals surface area contributed by atoms with Crippen LogP contribution in [-0.2, 0) is 0 Å². The quantitative estimate of drug-likeness (QED) is 0.820. The van der Waals surface area contributed by atoms with Crippen LogP contribution in [0.3, 0.4) is 0 Å². The Bertz CT molecular complexity index is 546. The minimum absolute atomic E-state index is 0.347. The molecule has 2 aliphatic heterocycles. The zero-order valence-electron chi connectivity index (χ0n) is 16.0. The maximum absolute atomic E-state index is 5.72. The van der Waals surface area contributed by atoms with Crippen molar-refractivity contribution in [1.82, 2.24) is 15.1 Å². The summed E-state index contributed by atoms with van der Waals surface area (Å²) < 4.78 is 11.2. The van der Waals surface area contributed by atoms with Crippen LogP contribution in [0, 0.1) is 0 Å². The fourth-order valence-electron chi connectivity index (χ4n) is 4.13. The van der Waals surface area contributed by atoms with Gasteiger partial charge in [0.25, 0.3) is 0 Å². The summed E-state index contributed by atoms with van der Waals surface area (Å²) in [7, 11) is 3.50. The Labute approximate surface area is 152 Å². The third-order valence-corrected chi connectivity index (χ3v) is 5.65. The normalized spacial score (nSPS) is 23.6. The molecule has 0 spiro atoms. The Hall–Kier alpha value is -1.30. The minimum Gasteiger partial charge on any atom is -0.497 e. The van der Waals surface area contributed by atoms with E-state index in [4.69, 9.17) is 9.47 Å². The smallest absolute Gasteiger partial charge is 0.123 e. The lowest BCUT2D eigenvalue weighted by molar-refractivity contribution is 0.111. The molecule has 0 amide bonds. The molecular formula is C20H33N3O2. The molecule has 5 heteroatoms. The van der Waals surface area contributed by atoms with Crippen molar-refractivity contribution >= 4 is 0 Å². The van der Waals surface area contributed by atoms with Gasteiger partial charge in [-0.15, -0.1) is 0 Å². The predicted octanol–water partition coefficient (Wildman–Crippen LogP) is 2.52. The highest BCUT2D eigenvalue weighted by molar-refractivity contribution is 5.42. The Balaban J connectivity index is 1.89. The highest BCUT2D eigenvalue weighted by Gasteiger charge is 2.30. The van der Waals surface area contributed by atoms with E-state index in [1.54, 1.807) is 14.2 Å². The third-order valence-electron chi connectivity index (χ3n) is 5.65. The fourth-order valence-corrected chi connectivity index (χ4v) is 4.13. The topological polar surface area (TPSA) is 37.0 Å². The second-order valence-electron chi connectivity index (χ2n) is 7.19. The second-order valence-corrected chi connectivity index (χ2v) is 7.19. The molecule has 140 valence electrons. The molecule has 2 atom stereocenters. The summed E-state index contributed by atoms with van der Waals surface area (Å²) in [5, 5.41) is 3.64. The number of ether oxygens (including phenoxy) is 2. The van der Waals surface area contributed by atoms with Crippen LogP contribution in [0.2, 0.25) is 0 Å². The first kappa shape index (κ1) is 18.5. The number of hydrogen-bond acceptors (Lipinski definition) is 5. The van der Waals surface area contributed by atoms with Crippen molar-refractivity contribution in [1.29, 1.82) is 0 Å². The summed E-state index contributed by atoms with van der Waals surface area (Å²) in [5.74, 6) is 1.88. The molecule has 2 fully saturated rings. The molecule has 0 radical (unpaired) electrons. The van der Waals surface area contributed by atoms with Gasteiger partial charge in [0.2, 0.25) is 0 Å². The number of hydrogen-bond donors (Lipinski definition) is 1. The summed E-state index contributed by atoms with van der Waals surface area (Å²) in [6.07, 6.45) is 3.81. The maximum Gasteiger partial charge on any atom is 0.123 e. The molecular weight excluding hydrogens is 314 g/mol. The summed E-state index contributed by atoms with van der Waals surface area (Å²) in [6.45, 7) is 8.99. The van der Waals surface area contributed by atoms with Crippen molar-refractivity contribution in [3.05, 3.63) is 23.8 Å².